The van der Waals surface area contributed by atoms with Crippen molar-refractivity contribution in [2.24, 2.45) is 5.73 Å². The summed E-state index contributed by atoms with van der Waals surface area (Å²) in [6.45, 7) is 1.42. The van der Waals surface area contributed by atoms with Crippen LogP contribution in [0, 0.1) is 0 Å². The monoisotopic (exact) mass is 143 g/mol. The minimum Gasteiger partial charge on any atom is -0.355 e. The van der Waals surface area contributed by atoms with E-state index in [1.54, 1.807) is 0 Å². The molecule has 0 amide bonds. The molecule has 0 aromatic heterocycles. The maximum absolute atomic E-state index is 11.4. The number of halogens is 3. The zero-order valence-electron chi connectivity index (χ0n) is 4.90. The Morgan fingerprint density at radius 1 is 1.56 bits per heavy atom. The van der Waals surface area contributed by atoms with Crippen molar-refractivity contribution in [3.63, 3.8) is 0 Å². The van der Waals surface area contributed by atoms with Crippen molar-refractivity contribution < 1.29 is 17.9 Å². The van der Waals surface area contributed by atoms with Gasteiger partial charge >= 0.3 is 6.18 Å². The van der Waals surface area contributed by atoms with Crippen LogP contribution in [-0.2, 0) is 4.74 Å². The number of rotatable bonds is 2. The van der Waals surface area contributed by atoms with Crippen LogP contribution in [0.5, 0.6) is 0 Å². The van der Waals surface area contributed by atoms with E-state index in [0.717, 1.165) is 0 Å². The second-order valence-electron chi connectivity index (χ2n) is 1.42. The Bertz CT molecular complexity index is 82.4. The highest BCUT2D eigenvalue weighted by atomic mass is 19.4. The summed E-state index contributed by atoms with van der Waals surface area (Å²) in [7, 11) is 0. The molecule has 0 spiro atoms. The number of nitrogens with two attached hydrogens (primary N) is 1. The fraction of sp³-hybridized carbons (Fsp3) is 1.00. The summed E-state index contributed by atoms with van der Waals surface area (Å²) in [6, 6.07) is 0. The van der Waals surface area contributed by atoms with Gasteiger partial charge in [0.15, 0.2) is 0 Å². The molecule has 0 aliphatic heterocycles. The quantitative estimate of drug-likeness (QED) is 0.582. The second kappa shape index (κ2) is 3.03. The maximum Gasteiger partial charge on any atom is 0.427 e. The maximum atomic E-state index is 11.4. The zero-order valence-corrected chi connectivity index (χ0v) is 4.90. The van der Waals surface area contributed by atoms with E-state index in [0.29, 0.717) is 0 Å². The van der Waals surface area contributed by atoms with E-state index in [1.807, 2.05) is 0 Å². The third-order valence-corrected chi connectivity index (χ3v) is 0.669. The zero-order chi connectivity index (χ0) is 7.49. The summed E-state index contributed by atoms with van der Waals surface area (Å²) in [6.07, 6.45) is -6.57. The molecule has 0 aliphatic carbocycles. The van der Waals surface area contributed by atoms with E-state index < -0.39 is 12.4 Å². The molecule has 2 N–H and O–H groups in total. The molecule has 56 valence electrons. The summed E-state index contributed by atoms with van der Waals surface area (Å²) in [5, 5.41) is 0. The molecule has 0 heterocycles. The van der Waals surface area contributed by atoms with Crippen molar-refractivity contribution in [1.29, 1.82) is 0 Å². The minimum atomic E-state index is -4.43. The Kier molecular flexibility index (Phi) is 2.93. The van der Waals surface area contributed by atoms with Crippen LogP contribution >= 0.6 is 0 Å². The lowest BCUT2D eigenvalue weighted by atomic mass is 10.6. The van der Waals surface area contributed by atoms with E-state index in [2.05, 4.69) is 10.5 Å². The Balaban J connectivity index is 3.59. The van der Waals surface area contributed by atoms with Crippen LogP contribution in [0.25, 0.3) is 0 Å². The predicted molar refractivity (Wildman–Crippen MR) is 25.7 cm³/mol. The van der Waals surface area contributed by atoms with Gasteiger partial charge in [-0.3, -0.25) is 5.73 Å². The van der Waals surface area contributed by atoms with Crippen LogP contribution in [-0.4, -0.2) is 19.0 Å². The molecule has 0 rings (SSSR count). The van der Waals surface area contributed by atoms with Gasteiger partial charge < -0.3 is 4.74 Å². The van der Waals surface area contributed by atoms with E-state index in [-0.39, 0.29) is 6.61 Å². The molecule has 0 aromatic carbocycles. The van der Waals surface area contributed by atoms with E-state index in [1.165, 1.54) is 6.92 Å². The van der Waals surface area contributed by atoms with Gasteiger partial charge in [0.1, 0.15) is 0 Å². The molecular weight excluding hydrogens is 135 g/mol. The Morgan fingerprint density at radius 2 is 2.00 bits per heavy atom. The minimum absolute atomic E-state index is 0.0271. The van der Waals surface area contributed by atoms with Gasteiger partial charge in [0, 0.05) is 6.61 Å². The lowest BCUT2D eigenvalue weighted by Crippen LogP contribution is -2.39. The molecule has 0 aliphatic rings. The molecule has 5 heteroatoms. The molecule has 9 heavy (non-hydrogen) atoms. The molecule has 1 unspecified atom stereocenters. The van der Waals surface area contributed by atoms with Gasteiger partial charge in [0.25, 0.3) is 0 Å². The SMILES string of the molecule is CCOC(N)C(F)(F)F. The standard InChI is InChI=1S/C4H8F3NO/c1-2-9-3(8)4(5,6)7/h3H,2,8H2,1H3. The van der Waals surface area contributed by atoms with Gasteiger partial charge in [-0.1, -0.05) is 0 Å². The van der Waals surface area contributed by atoms with Crippen molar-refractivity contribution in [2.75, 3.05) is 6.61 Å². The normalized spacial score (nSPS) is 15.7. The third kappa shape index (κ3) is 3.31. The molecule has 0 saturated carbocycles. The van der Waals surface area contributed by atoms with Gasteiger partial charge in [-0.25, -0.2) is 0 Å². The first-order valence-corrected chi connectivity index (χ1v) is 2.42. The lowest BCUT2D eigenvalue weighted by Gasteiger charge is -2.14. The number of hydrogen-bond donors (Lipinski definition) is 1. The third-order valence-electron chi connectivity index (χ3n) is 0.669. The van der Waals surface area contributed by atoms with Crippen molar-refractivity contribution in [2.45, 2.75) is 19.3 Å². The highest BCUT2D eigenvalue weighted by Gasteiger charge is 2.37. The van der Waals surface area contributed by atoms with Crippen LogP contribution in [0.3, 0.4) is 0 Å². The number of ether oxygens (including phenoxy) is 1. The number of hydrogen-bond acceptors (Lipinski definition) is 2. The van der Waals surface area contributed by atoms with Crippen molar-refractivity contribution in [3.8, 4) is 0 Å². The van der Waals surface area contributed by atoms with Gasteiger partial charge in [0.05, 0.1) is 0 Å². The van der Waals surface area contributed by atoms with Crippen molar-refractivity contribution >= 4 is 0 Å². The smallest absolute Gasteiger partial charge is 0.355 e. The first-order chi connectivity index (χ1) is 3.98. The Morgan fingerprint density at radius 3 is 2.11 bits per heavy atom. The molecule has 0 bridgehead atoms. The van der Waals surface area contributed by atoms with Crippen LogP contribution in [0.1, 0.15) is 6.92 Å². The average molecular weight is 143 g/mol. The van der Waals surface area contributed by atoms with E-state index in [9.17, 15) is 13.2 Å². The molecule has 0 aromatic rings. The molecule has 2 nitrogen and oxygen atoms in total. The predicted octanol–water partition coefficient (Wildman–Crippen LogP) is 0.870. The van der Waals surface area contributed by atoms with Gasteiger partial charge in [-0.15, -0.1) is 0 Å². The molecule has 1 atom stereocenters. The van der Waals surface area contributed by atoms with E-state index in [4.69, 9.17) is 0 Å². The van der Waals surface area contributed by atoms with Crippen LogP contribution < -0.4 is 5.73 Å². The fourth-order valence-electron chi connectivity index (χ4n) is 0.274. The highest BCUT2D eigenvalue weighted by Crippen LogP contribution is 2.18. The molecule has 0 fully saturated rings. The van der Waals surface area contributed by atoms with Crippen LogP contribution in [0.2, 0.25) is 0 Å². The number of alkyl halides is 3. The van der Waals surface area contributed by atoms with Crippen LogP contribution in [0.15, 0.2) is 0 Å². The second-order valence-corrected chi connectivity index (χ2v) is 1.42. The Hall–Kier alpha value is -0.290. The summed E-state index contributed by atoms with van der Waals surface area (Å²) in [5.41, 5.74) is 4.51. The fourth-order valence-corrected chi connectivity index (χ4v) is 0.274. The van der Waals surface area contributed by atoms with Crippen LogP contribution in [0.4, 0.5) is 13.2 Å². The van der Waals surface area contributed by atoms with Gasteiger partial charge in [-0.2, -0.15) is 13.2 Å². The average Bonchev–Trinajstić information content (AvgIpc) is 1.64. The van der Waals surface area contributed by atoms with E-state index >= 15 is 0 Å². The summed E-state index contributed by atoms with van der Waals surface area (Å²) >= 11 is 0. The molecule has 0 saturated heterocycles. The largest absolute Gasteiger partial charge is 0.427 e. The summed E-state index contributed by atoms with van der Waals surface area (Å²) in [4.78, 5) is 0. The molecular formula is C4H8F3NO. The van der Waals surface area contributed by atoms with Crippen molar-refractivity contribution in [3.05, 3.63) is 0 Å². The first kappa shape index (κ1) is 8.71. The Labute approximate surface area is 50.8 Å². The summed E-state index contributed by atoms with van der Waals surface area (Å²) in [5.74, 6) is 0. The van der Waals surface area contributed by atoms with Gasteiger partial charge in [-0.05, 0) is 6.92 Å². The van der Waals surface area contributed by atoms with Gasteiger partial charge in [0.2, 0.25) is 6.23 Å². The summed E-state index contributed by atoms with van der Waals surface area (Å²) < 4.78 is 38.2. The lowest BCUT2D eigenvalue weighted by molar-refractivity contribution is -0.217. The molecule has 0 radical (unpaired) electrons. The first-order valence-electron chi connectivity index (χ1n) is 2.42. The van der Waals surface area contributed by atoms with Crippen molar-refractivity contribution in [1.82, 2.24) is 0 Å². The highest BCUT2D eigenvalue weighted by molar-refractivity contribution is 4.57. The topological polar surface area (TPSA) is 35.2 Å².